The highest BCUT2D eigenvalue weighted by molar-refractivity contribution is 8.13. The molecule has 0 unspecified atom stereocenters. The van der Waals surface area contributed by atoms with Crippen molar-refractivity contribution in [1.29, 1.82) is 0 Å². The molecular formula is C9H9Cl3O3S. The molecule has 0 aliphatic heterocycles. The van der Waals surface area contributed by atoms with Gasteiger partial charge in [0.25, 0.3) is 9.05 Å². The van der Waals surface area contributed by atoms with Gasteiger partial charge < -0.3 is 4.74 Å². The summed E-state index contributed by atoms with van der Waals surface area (Å²) in [4.78, 5) is -0.225. The first-order valence-corrected chi connectivity index (χ1v) is 7.38. The average Bonchev–Trinajstić information content (AvgIpc) is 2.07. The van der Waals surface area contributed by atoms with Crippen molar-refractivity contribution in [3.05, 3.63) is 22.2 Å². The molecule has 0 fully saturated rings. The molecule has 0 heterocycles. The average molecular weight is 304 g/mol. The third-order valence-corrected chi connectivity index (χ3v) is 3.69. The van der Waals surface area contributed by atoms with E-state index in [4.69, 9.17) is 38.6 Å². The normalized spacial score (nSPS) is 11.9. The van der Waals surface area contributed by atoms with Crippen molar-refractivity contribution in [1.82, 2.24) is 0 Å². The predicted molar refractivity (Wildman–Crippen MR) is 65.3 cm³/mol. The molecule has 0 N–H and O–H groups in total. The number of rotatable bonds is 3. The van der Waals surface area contributed by atoms with Gasteiger partial charge in [0.05, 0.1) is 16.1 Å². The molecule has 1 aromatic rings. The summed E-state index contributed by atoms with van der Waals surface area (Å²) in [6.45, 7) is 3.63. The Morgan fingerprint density at radius 2 is 1.75 bits per heavy atom. The van der Waals surface area contributed by atoms with Gasteiger partial charge in [0.1, 0.15) is 10.6 Å². The fraction of sp³-hybridized carbons (Fsp3) is 0.333. The van der Waals surface area contributed by atoms with Gasteiger partial charge in [-0.1, -0.05) is 23.2 Å². The van der Waals surface area contributed by atoms with Crippen LogP contribution in [0.5, 0.6) is 5.75 Å². The smallest absolute Gasteiger partial charge is 0.262 e. The van der Waals surface area contributed by atoms with Crippen LogP contribution in [-0.2, 0) is 9.05 Å². The highest BCUT2D eigenvalue weighted by Gasteiger charge is 2.18. The minimum absolute atomic E-state index is 0.0185. The molecule has 90 valence electrons. The fourth-order valence-electron chi connectivity index (χ4n) is 1.04. The van der Waals surface area contributed by atoms with Gasteiger partial charge in [-0.15, -0.1) is 0 Å². The molecule has 3 nitrogen and oxygen atoms in total. The summed E-state index contributed by atoms with van der Waals surface area (Å²) in [6, 6.07) is 2.50. The maximum absolute atomic E-state index is 11.1. The van der Waals surface area contributed by atoms with Crippen LogP contribution in [0.25, 0.3) is 0 Å². The quantitative estimate of drug-likeness (QED) is 0.800. The van der Waals surface area contributed by atoms with E-state index in [0.29, 0.717) is 5.75 Å². The Labute approximate surface area is 109 Å². The largest absolute Gasteiger partial charge is 0.489 e. The Balaban J connectivity index is 3.28. The van der Waals surface area contributed by atoms with Crippen LogP contribution < -0.4 is 4.74 Å². The number of benzene rings is 1. The van der Waals surface area contributed by atoms with Crippen LogP contribution in [0.1, 0.15) is 13.8 Å². The van der Waals surface area contributed by atoms with Gasteiger partial charge >= 0.3 is 0 Å². The second-order valence-electron chi connectivity index (χ2n) is 3.32. The molecule has 0 aliphatic carbocycles. The summed E-state index contributed by atoms with van der Waals surface area (Å²) < 4.78 is 27.6. The first kappa shape index (κ1) is 13.9. The molecule has 1 rings (SSSR count). The Morgan fingerprint density at radius 3 is 2.19 bits per heavy atom. The molecule has 0 atom stereocenters. The third-order valence-electron chi connectivity index (χ3n) is 1.61. The molecule has 0 aromatic heterocycles. The van der Waals surface area contributed by atoms with Crippen LogP contribution in [0.4, 0.5) is 0 Å². The van der Waals surface area contributed by atoms with Crippen LogP contribution in [0.2, 0.25) is 10.0 Å². The molecule has 16 heavy (non-hydrogen) atoms. The second-order valence-corrected chi connectivity index (χ2v) is 6.67. The maximum atomic E-state index is 11.1. The lowest BCUT2D eigenvalue weighted by Gasteiger charge is -2.12. The molecule has 1 aromatic carbocycles. The first-order valence-electron chi connectivity index (χ1n) is 4.32. The van der Waals surface area contributed by atoms with E-state index < -0.39 is 9.05 Å². The zero-order valence-corrected chi connectivity index (χ0v) is 11.6. The Kier molecular flexibility index (Phi) is 4.35. The number of hydrogen-bond acceptors (Lipinski definition) is 3. The topological polar surface area (TPSA) is 43.4 Å². The lowest BCUT2D eigenvalue weighted by Crippen LogP contribution is -2.06. The summed E-state index contributed by atoms with van der Waals surface area (Å²) >= 11 is 11.6. The predicted octanol–water partition coefficient (Wildman–Crippen LogP) is 3.71. The van der Waals surface area contributed by atoms with Gasteiger partial charge in [-0.25, -0.2) is 8.42 Å². The monoisotopic (exact) mass is 302 g/mol. The van der Waals surface area contributed by atoms with Gasteiger partial charge in [0.2, 0.25) is 0 Å². The summed E-state index contributed by atoms with van der Waals surface area (Å²) in [6.07, 6.45) is -0.0907. The lowest BCUT2D eigenvalue weighted by molar-refractivity contribution is 0.242. The zero-order chi connectivity index (χ0) is 12.5. The van der Waals surface area contributed by atoms with Crippen molar-refractivity contribution in [2.75, 3.05) is 0 Å². The molecule has 0 aliphatic rings. The van der Waals surface area contributed by atoms with Gasteiger partial charge in [-0.3, -0.25) is 0 Å². The van der Waals surface area contributed by atoms with Crippen LogP contribution in [-0.4, -0.2) is 14.5 Å². The summed E-state index contributed by atoms with van der Waals surface area (Å²) in [5, 5.41) is 0.132. The summed E-state index contributed by atoms with van der Waals surface area (Å²) in [5.74, 6) is 0.325. The molecule has 0 bridgehead atoms. The minimum Gasteiger partial charge on any atom is -0.489 e. The Bertz CT molecular complexity index is 497. The third kappa shape index (κ3) is 3.42. The highest BCUT2D eigenvalue weighted by Crippen LogP contribution is 2.35. The van der Waals surface area contributed by atoms with E-state index in [1.807, 2.05) is 13.8 Å². The van der Waals surface area contributed by atoms with Crippen molar-refractivity contribution in [2.24, 2.45) is 0 Å². The summed E-state index contributed by atoms with van der Waals surface area (Å²) in [5.41, 5.74) is 0. The van der Waals surface area contributed by atoms with Crippen LogP contribution >= 0.6 is 33.9 Å². The van der Waals surface area contributed by atoms with Crippen molar-refractivity contribution in [2.45, 2.75) is 24.8 Å². The van der Waals surface area contributed by atoms with Crippen LogP contribution in [0.3, 0.4) is 0 Å². The zero-order valence-electron chi connectivity index (χ0n) is 8.50. The number of hydrogen-bond donors (Lipinski definition) is 0. The lowest BCUT2D eigenvalue weighted by atomic mass is 10.3. The molecule has 0 saturated carbocycles. The highest BCUT2D eigenvalue weighted by atomic mass is 35.7. The molecule has 0 spiro atoms. The van der Waals surface area contributed by atoms with Crippen LogP contribution in [0.15, 0.2) is 17.0 Å². The number of halogens is 3. The van der Waals surface area contributed by atoms with Gasteiger partial charge in [0.15, 0.2) is 0 Å². The van der Waals surface area contributed by atoms with Crippen LogP contribution in [0, 0.1) is 0 Å². The van der Waals surface area contributed by atoms with Crippen molar-refractivity contribution in [3.8, 4) is 5.75 Å². The molecule has 0 saturated heterocycles. The summed E-state index contributed by atoms with van der Waals surface area (Å²) in [7, 11) is 1.28. The van der Waals surface area contributed by atoms with E-state index in [0.717, 1.165) is 0 Å². The van der Waals surface area contributed by atoms with E-state index in [2.05, 4.69) is 0 Å². The Hall–Kier alpha value is -0.160. The standard InChI is InChI=1S/C9H9Cl3O3S/c1-5(2)15-8-3-7(11)9(4-6(8)10)16(12,13)14/h3-5H,1-2H3. The maximum Gasteiger partial charge on any atom is 0.262 e. The van der Waals surface area contributed by atoms with Gasteiger partial charge in [-0.2, -0.15) is 0 Å². The second kappa shape index (κ2) is 5.00. The molecule has 7 heteroatoms. The van der Waals surface area contributed by atoms with Crippen molar-refractivity contribution < 1.29 is 13.2 Å². The van der Waals surface area contributed by atoms with Gasteiger partial charge in [-0.05, 0) is 19.9 Å². The van der Waals surface area contributed by atoms with E-state index in [-0.39, 0.29) is 21.0 Å². The van der Waals surface area contributed by atoms with Gasteiger partial charge in [0, 0.05) is 16.7 Å². The van der Waals surface area contributed by atoms with E-state index >= 15 is 0 Å². The first-order chi connectivity index (χ1) is 7.21. The van der Waals surface area contributed by atoms with E-state index in [9.17, 15) is 8.42 Å². The fourth-order valence-corrected chi connectivity index (χ4v) is 2.82. The SMILES string of the molecule is CC(C)Oc1cc(Cl)c(S(=O)(=O)Cl)cc1Cl. The van der Waals surface area contributed by atoms with E-state index in [1.54, 1.807) is 0 Å². The molecule has 0 radical (unpaired) electrons. The molecule has 0 amide bonds. The van der Waals surface area contributed by atoms with E-state index in [1.165, 1.54) is 12.1 Å². The Morgan fingerprint density at radius 1 is 1.19 bits per heavy atom. The minimum atomic E-state index is -3.90. The molecular weight excluding hydrogens is 295 g/mol. The number of ether oxygens (including phenoxy) is 1. The van der Waals surface area contributed by atoms with Crippen molar-refractivity contribution >= 4 is 42.9 Å². The van der Waals surface area contributed by atoms with Crippen molar-refractivity contribution in [3.63, 3.8) is 0 Å².